The quantitative estimate of drug-likeness (QED) is 0.685. The van der Waals surface area contributed by atoms with E-state index in [1.54, 1.807) is 22.8 Å². The second kappa shape index (κ2) is 7.79. The third-order valence-electron chi connectivity index (χ3n) is 3.87. The number of hydrogen-bond donors (Lipinski definition) is 1. The van der Waals surface area contributed by atoms with Crippen molar-refractivity contribution in [3.05, 3.63) is 54.7 Å². The Morgan fingerprint density at radius 1 is 1.16 bits per heavy atom. The van der Waals surface area contributed by atoms with Crippen molar-refractivity contribution in [3.63, 3.8) is 0 Å². The molecule has 0 aliphatic rings. The molecule has 0 aliphatic carbocycles. The van der Waals surface area contributed by atoms with Crippen molar-refractivity contribution in [1.29, 1.82) is 0 Å². The van der Waals surface area contributed by atoms with Gasteiger partial charge in [0.05, 0.1) is 5.52 Å². The maximum atomic E-state index is 12.8. The van der Waals surface area contributed by atoms with Crippen LogP contribution in [0, 0.1) is 0 Å². The standard InChI is InChI=1S/C17H19N3O3S2/c1-2-7-18-14(21)11-20-13-6-10-25-15(13)16(22)19(17(20)23)8-5-12-4-3-9-24-12/h3-4,6,9-10H,2,5,7-8,11H2,1H3,(H,18,21). The van der Waals surface area contributed by atoms with Crippen molar-refractivity contribution in [3.8, 4) is 0 Å². The molecule has 0 atom stereocenters. The highest BCUT2D eigenvalue weighted by atomic mass is 32.1. The molecule has 0 bridgehead atoms. The molecule has 0 spiro atoms. The van der Waals surface area contributed by atoms with E-state index in [-0.39, 0.29) is 18.0 Å². The van der Waals surface area contributed by atoms with E-state index in [1.807, 2.05) is 24.4 Å². The van der Waals surface area contributed by atoms with Crippen LogP contribution < -0.4 is 16.6 Å². The molecule has 0 aromatic carbocycles. The molecule has 0 saturated heterocycles. The van der Waals surface area contributed by atoms with Crippen molar-refractivity contribution >= 4 is 38.8 Å². The fraction of sp³-hybridized carbons (Fsp3) is 0.353. The Labute approximate surface area is 152 Å². The lowest BCUT2D eigenvalue weighted by atomic mass is 10.3. The van der Waals surface area contributed by atoms with Crippen LogP contribution in [0.2, 0.25) is 0 Å². The Hall–Kier alpha value is -2.19. The molecule has 3 aromatic heterocycles. The van der Waals surface area contributed by atoms with Gasteiger partial charge in [-0.3, -0.25) is 18.7 Å². The number of aromatic nitrogens is 2. The number of amides is 1. The van der Waals surface area contributed by atoms with Crippen LogP contribution >= 0.6 is 22.7 Å². The molecule has 3 heterocycles. The van der Waals surface area contributed by atoms with Gasteiger partial charge in [-0.1, -0.05) is 13.0 Å². The van der Waals surface area contributed by atoms with E-state index < -0.39 is 5.69 Å². The normalized spacial score (nSPS) is 11.1. The number of nitrogens with one attached hydrogen (secondary N) is 1. The summed E-state index contributed by atoms with van der Waals surface area (Å²) in [5, 5.41) is 6.51. The number of hydrogen-bond acceptors (Lipinski definition) is 5. The highest BCUT2D eigenvalue weighted by Gasteiger charge is 2.16. The molecule has 1 amide bonds. The van der Waals surface area contributed by atoms with Crippen LogP contribution in [-0.4, -0.2) is 21.6 Å². The van der Waals surface area contributed by atoms with Gasteiger partial charge in [0, 0.05) is 18.0 Å². The summed E-state index contributed by atoms with van der Waals surface area (Å²) in [6.07, 6.45) is 1.44. The van der Waals surface area contributed by atoms with E-state index in [0.29, 0.717) is 29.7 Å². The summed E-state index contributed by atoms with van der Waals surface area (Å²) in [5.74, 6) is -0.222. The number of carbonyl (C=O) groups is 1. The highest BCUT2D eigenvalue weighted by molar-refractivity contribution is 7.17. The van der Waals surface area contributed by atoms with E-state index in [2.05, 4.69) is 5.32 Å². The summed E-state index contributed by atoms with van der Waals surface area (Å²) in [7, 11) is 0. The van der Waals surface area contributed by atoms with Gasteiger partial charge in [0.2, 0.25) is 5.91 Å². The SMILES string of the molecule is CCCNC(=O)Cn1c(=O)n(CCc2cccs2)c(=O)c2sccc21. The van der Waals surface area contributed by atoms with Gasteiger partial charge < -0.3 is 5.32 Å². The van der Waals surface area contributed by atoms with Gasteiger partial charge in [-0.2, -0.15) is 0 Å². The van der Waals surface area contributed by atoms with Crippen LogP contribution in [0.1, 0.15) is 18.2 Å². The van der Waals surface area contributed by atoms with Gasteiger partial charge >= 0.3 is 5.69 Å². The Morgan fingerprint density at radius 3 is 2.72 bits per heavy atom. The number of rotatable bonds is 7. The number of nitrogens with zero attached hydrogens (tertiary/aromatic N) is 2. The molecule has 1 N–H and O–H groups in total. The molecule has 8 heteroatoms. The lowest BCUT2D eigenvalue weighted by molar-refractivity contribution is -0.121. The first-order chi connectivity index (χ1) is 12.1. The minimum Gasteiger partial charge on any atom is -0.355 e. The predicted octanol–water partition coefficient (Wildman–Crippen LogP) is 2.06. The summed E-state index contributed by atoms with van der Waals surface area (Å²) in [6, 6.07) is 5.65. The maximum absolute atomic E-state index is 12.8. The Kier molecular flexibility index (Phi) is 5.50. The van der Waals surface area contributed by atoms with Crippen LogP contribution in [0.5, 0.6) is 0 Å². The molecule has 132 valence electrons. The number of aryl methyl sites for hydroxylation is 1. The number of thiophene rings is 2. The monoisotopic (exact) mass is 377 g/mol. The summed E-state index contributed by atoms with van der Waals surface area (Å²) >= 11 is 2.89. The van der Waals surface area contributed by atoms with E-state index in [9.17, 15) is 14.4 Å². The molecule has 0 aliphatic heterocycles. The van der Waals surface area contributed by atoms with E-state index >= 15 is 0 Å². The van der Waals surface area contributed by atoms with Crippen molar-refractivity contribution in [1.82, 2.24) is 14.5 Å². The predicted molar refractivity (Wildman–Crippen MR) is 102 cm³/mol. The first kappa shape index (κ1) is 17.6. The number of carbonyl (C=O) groups excluding carboxylic acids is 1. The van der Waals surface area contributed by atoms with Gasteiger partial charge in [-0.15, -0.1) is 22.7 Å². The Balaban J connectivity index is 1.98. The van der Waals surface area contributed by atoms with Gasteiger partial charge in [-0.05, 0) is 35.7 Å². The minimum absolute atomic E-state index is 0.0780. The molecule has 3 aromatic rings. The van der Waals surface area contributed by atoms with Gasteiger partial charge in [0.1, 0.15) is 11.2 Å². The average Bonchev–Trinajstić information content (AvgIpc) is 3.28. The van der Waals surface area contributed by atoms with Gasteiger partial charge in [0.25, 0.3) is 5.56 Å². The van der Waals surface area contributed by atoms with E-state index in [0.717, 1.165) is 11.3 Å². The summed E-state index contributed by atoms with van der Waals surface area (Å²) in [4.78, 5) is 38.7. The zero-order chi connectivity index (χ0) is 17.8. The molecule has 0 radical (unpaired) electrons. The third-order valence-corrected chi connectivity index (χ3v) is 5.70. The molecule has 3 rings (SSSR count). The third kappa shape index (κ3) is 3.74. The molecule has 6 nitrogen and oxygen atoms in total. The van der Waals surface area contributed by atoms with Crippen LogP contribution in [0.25, 0.3) is 10.2 Å². The van der Waals surface area contributed by atoms with Crippen molar-refractivity contribution in [2.24, 2.45) is 0 Å². The Morgan fingerprint density at radius 2 is 2.00 bits per heavy atom. The highest BCUT2D eigenvalue weighted by Crippen LogP contribution is 2.15. The number of fused-ring (bicyclic) bond motifs is 1. The van der Waals surface area contributed by atoms with Crippen LogP contribution in [0.4, 0.5) is 0 Å². The minimum atomic E-state index is -0.431. The van der Waals surface area contributed by atoms with Gasteiger partial charge in [0.15, 0.2) is 0 Å². The lowest BCUT2D eigenvalue weighted by Crippen LogP contribution is -2.42. The molecule has 0 fully saturated rings. The summed E-state index contributed by atoms with van der Waals surface area (Å²) in [6.45, 7) is 2.76. The second-order valence-electron chi connectivity index (χ2n) is 5.64. The van der Waals surface area contributed by atoms with Crippen molar-refractivity contribution in [2.45, 2.75) is 32.9 Å². The summed E-state index contributed by atoms with van der Waals surface area (Å²) in [5.41, 5.74) is -0.185. The van der Waals surface area contributed by atoms with E-state index in [4.69, 9.17) is 0 Å². The lowest BCUT2D eigenvalue weighted by Gasteiger charge is -2.12. The van der Waals surface area contributed by atoms with Crippen molar-refractivity contribution < 1.29 is 4.79 Å². The zero-order valence-electron chi connectivity index (χ0n) is 13.9. The van der Waals surface area contributed by atoms with Crippen LogP contribution in [0.3, 0.4) is 0 Å². The van der Waals surface area contributed by atoms with E-state index in [1.165, 1.54) is 20.5 Å². The molecule has 25 heavy (non-hydrogen) atoms. The van der Waals surface area contributed by atoms with Gasteiger partial charge in [-0.25, -0.2) is 4.79 Å². The largest absolute Gasteiger partial charge is 0.355 e. The average molecular weight is 377 g/mol. The second-order valence-corrected chi connectivity index (χ2v) is 7.59. The molecule has 0 unspecified atom stereocenters. The van der Waals surface area contributed by atoms with Crippen molar-refractivity contribution in [2.75, 3.05) is 6.54 Å². The Bertz CT molecular complexity index is 983. The summed E-state index contributed by atoms with van der Waals surface area (Å²) < 4.78 is 3.15. The van der Waals surface area contributed by atoms with Crippen LogP contribution in [0.15, 0.2) is 38.5 Å². The first-order valence-corrected chi connectivity index (χ1v) is 9.87. The first-order valence-electron chi connectivity index (χ1n) is 8.11. The molecule has 0 saturated carbocycles. The molecular weight excluding hydrogens is 358 g/mol. The zero-order valence-corrected chi connectivity index (χ0v) is 15.5. The molecular formula is C17H19N3O3S2. The smallest absolute Gasteiger partial charge is 0.332 e. The maximum Gasteiger partial charge on any atom is 0.332 e. The van der Waals surface area contributed by atoms with Crippen LogP contribution in [-0.2, 0) is 24.3 Å². The fourth-order valence-electron chi connectivity index (χ4n) is 2.62. The topological polar surface area (TPSA) is 73.1 Å². The fourth-order valence-corrected chi connectivity index (χ4v) is 4.17.